The van der Waals surface area contributed by atoms with Crippen molar-refractivity contribution in [3.05, 3.63) is 52.0 Å². The maximum absolute atomic E-state index is 12.9. The topological polar surface area (TPSA) is 120 Å². The predicted octanol–water partition coefficient (Wildman–Crippen LogP) is 4.45. The Balaban J connectivity index is 1.89. The standard InChI is InChI=1S/C23H25N3O6S/c1-5-10-32-22(28)18-13(3)19(23(29)31-6-2)33-21(18)24-20(27)17-12-16(25-26-17)14-8-7-9-15(11-14)30-4/h7-9,11-12H,5-6,10H2,1-4H3,(H,24,27)(H,25,26). The minimum atomic E-state index is -0.613. The molecule has 2 aromatic heterocycles. The average Bonchev–Trinajstić information content (AvgIpc) is 3.43. The van der Waals surface area contributed by atoms with Crippen LogP contribution in [0.25, 0.3) is 11.3 Å². The first-order valence-electron chi connectivity index (χ1n) is 10.4. The van der Waals surface area contributed by atoms with Crippen molar-refractivity contribution in [3.8, 4) is 17.0 Å². The van der Waals surface area contributed by atoms with Crippen molar-refractivity contribution in [1.29, 1.82) is 0 Å². The minimum Gasteiger partial charge on any atom is -0.497 e. The van der Waals surface area contributed by atoms with Crippen molar-refractivity contribution in [2.24, 2.45) is 0 Å². The number of H-pyrrole nitrogens is 1. The molecule has 0 fully saturated rings. The zero-order chi connectivity index (χ0) is 24.0. The summed E-state index contributed by atoms with van der Waals surface area (Å²) >= 11 is 0.969. The van der Waals surface area contributed by atoms with Crippen LogP contribution in [0.4, 0.5) is 5.00 Å². The zero-order valence-corrected chi connectivity index (χ0v) is 19.6. The second-order valence-corrected chi connectivity index (χ2v) is 7.99. The molecule has 3 aromatic rings. The summed E-state index contributed by atoms with van der Waals surface area (Å²) in [6.07, 6.45) is 0.641. The highest BCUT2D eigenvalue weighted by Gasteiger charge is 2.28. The first-order valence-corrected chi connectivity index (χ1v) is 11.2. The number of nitrogens with zero attached hydrogens (tertiary/aromatic N) is 1. The molecule has 0 unspecified atom stereocenters. The van der Waals surface area contributed by atoms with Crippen LogP contribution in [0.15, 0.2) is 30.3 Å². The fourth-order valence-corrected chi connectivity index (χ4v) is 4.13. The van der Waals surface area contributed by atoms with Gasteiger partial charge in [0.05, 0.1) is 31.6 Å². The fraction of sp³-hybridized carbons (Fsp3) is 0.304. The van der Waals surface area contributed by atoms with Crippen LogP contribution in [-0.2, 0) is 9.47 Å². The highest BCUT2D eigenvalue weighted by Crippen LogP contribution is 2.35. The average molecular weight is 472 g/mol. The molecule has 0 saturated heterocycles. The summed E-state index contributed by atoms with van der Waals surface area (Å²) in [5.74, 6) is -1.03. The number of rotatable bonds is 9. The van der Waals surface area contributed by atoms with Crippen LogP contribution in [0.3, 0.4) is 0 Å². The number of hydrogen-bond donors (Lipinski definition) is 2. The highest BCUT2D eigenvalue weighted by atomic mass is 32.1. The van der Waals surface area contributed by atoms with Crippen molar-refractivity contribution in [2.75, 3.05) is 25.6 Å². The van der Waals surface area contributed by atoms with Gasteiger partial charge in [-0.25, -0.2) is 9.59 Å². The van der Waals surface area contributed by atoms with Crippen LogP contribution >= 0.6 is 11.3 Å². The van der Waals surface area contributed by atoms with Gasteiger partial charge >= 0.3 is 11.9 Å². The molecular formula is C23H25N3O6S. The minimum absolute atomic E-state index is 0.136. The molecular weight excluding hydrogens is 446 g/mol. The van der Waals surface area contributed by atoms with E-state index >= 15 is 0 Å². The van der Waals surface area contributed by atoms with Crippen LogP contribution in [0.1, 0.15) is 56.3 Å². The van der Waals surface area contributed by atoms with Crippen molar-refractivity contribution < 1.29 is 28.6 Å². The first-order chi connectivity index (χ1) is 15.9. The molecule has 174 valence electrons. The number of carbonyl (C=O) groups is 3. The fourth-order valence-electron chi connectivity index (χ4n) is 3.04. The van der Waals surface area contributed by atoms with Gasteiger partial charge in [0.15, 0.2) is 0 Å². The Morgan fingerprint density at radius 1 is 1.12 bits per heavy atom. The Hall–Kier alpha value is -3.66. The van der Waals surface area contributed by atoms with Crippen molar-refractivity contribution >= 4 is 34.2 Å². The SMILES string of the molecule is CCCOC(=O)c1c(NC(=O)c2cc(-c3cccc(OC)c3)n[nH]2)sc(C(=O)OCC)c1C. The van der Waals surface area contributed by atoms with Crippen molar-refractivity contribution in [3.63, 3.8) is 0 Å². The number of nitrogens with one attached hydrogen (secondary N) is 2. The monoisotopic (exact) mass is 471 g/mol. The van der Waals surface area contributed by atoms with Gasteiger partial charge < -0.3 is 19.5 Å². The number of ether oxygens (including phenoxy) is 3. The van der Waals surface area contributed by atoms with Gasteiger partial charge in [0, 0.05) is 5.56 Å². The quantitative estimate of drug-likeness (QED) is 0.442. The normalized spacial score (nSPS) is 10.5. The number of aromatic nitrogens is 2. The number of amides is 1. The molecule has 10 heteroatoms. The van der Waals surface area contributed by atoms with E-state index in [1.807, 2.05) is 25.1 Å². The molecule has 3 rings (SSSR count). The Labute approximate surface area is 195 Å². The molecule has 1 aromatic carbocycles. The molecule has 0 aliphatic heterocycles. The van der Waals surface area contributed by atoms with E-state index < -0.39 is 17.8 Å². The molecule has 1 amide bonds. The lowest BCUT2D eigenvalue weighted by atomic mass is 10.1. The van der Waals surface area contributed by atoms with Crippen molar-refractivity contribution in [1.82, 2.24) is 10.2 Å². The number of hydrogen-bond acceptors (Lipinski definition) is 8. The summed E-state index contributed by atoms with van der Waals surface area (Å²) in [5, 5.41) is 9.81. The van der Waals surface area contributed by atoms with E-state index in [1.54, 1.807) is 33.1 Å². The first kappa shape index (κ1) is 24.0. The van der Waals surface area contributed by atoms with Gasteiger partial charge in [-0.2, -0.15) is 5.10 Å². The van der Waals surface area contributed by atoms with Crippen molar-refractivity contribution in [2.45, 2.75) is 27.2 Å². The molecule has 0 atom stereocenters. The van der Waals surface area contributed by atoms with E-state index in [0.29, 0.717) is 23.4 Å². The third-order valence-corrected chi connectivity index (χ3v) is 5.85. The largest absolute Gasteiger partial charge is 0.497 e. The lowest BCUT2D eigenvalue weighted by molar-refractivity contribution is 0.0506. The molecule has 0 aliphatic rings. The smallest absolute Gasteiger partial charge is 0.348 e. The van der Waals surface area contributed by atoms with E-state index in [-0.39, 0.29) is 34.3 Å². The summed E-state index contributed by atoms with van der Waals surface area (Å²) in [5.41, 5.74) is 2.04. The van der Waals surface area contributed by atoms with Gasteiger partial charge in [0.25, 0.3) is 5.91 Å². The maximum atomic E-state index is 12.9. The van der Waals surface area contributed by atoms with E-state index in [2.05, 4.69) is 15.5 Å². The predicted molar refractivity (Wildman–Crippen MR) is 124 cm³/mol. The van der Waals surface area contributed by atoms with Gasteiger partial charge in [-0.05, 0) is 44.0 Å². The van der Waals surface area contributed by atoms with Gasteiger partial charge in [0.2, 0.25) is 0 Å². The van der Waals surface area contributed by atoms with E-state index in [1.165, 1.54) is 0 Å². The summed E-state index contributed by atoms with van der Waals surface area (Å²) in [7, 11) is 1.57. The van der Waals surface area contributed by atoms with Gasteiger partial charge in [-0.3, -0.25) is 9.89 Å². The van der Waals surface area contributed by atoms with E-state index in [0.717, 1.165) is 16.9 Å². The van der Waals surface area contributed by atoms with Crippen LogP contribution in [0.2, 0.25) is 0 Å². The number of methoxy groups -OCH3 is 1. The summed E-state index contributed by atoms with van der Waals surface area (Å²) in [6, 6.07) is 8.86. The van der Waals surface area contributed by atoms with Crippen LogP contribution in [-0.4, -0.2) is 48.4 Å². The summed E-state index contributed by atoms with van der Waals surface area (Å²) in [4.78, 5) is 38.1. The van der Waals surface area contributed by atoms with E-state index in [4.69, 9.17) is 14.2 Å². The Morgan fingerprint density at radius 3 is 2.61 bits per heavy atom. The second-order valence-electron chi connectivity index (χ2n) is 6.97. The number of esters is 2. The van der Waals surface area contributed by atoms with Gasteiger partial charge in [0.1, 0.15) is 21.3 Å². The van der Waals surface area contributed by atoms with Crippen LogP contribution in [0.5, 0.6) is 5.75 Å². The van der Waals surface area contributed by atoms with Crippen LogP contribution < -0.4 is 10.1 Å². The lowest BCUT2D eigenvalue weighted by Crippen LogP contribution is -2.15. The molecule has 0 spiro atoms. The molecule has 0 aliphatic carbocycles. The molecule has 2 N–H and O–H groups in total. The maximum Gasteiger partial charge on any atom is 0.348 e. The number of benzene rings is 1. The third kappa shape index (κ3) is 5.40. The Morgan fingerprint density at radius 2 is 1.91 bits per heavy atom. The molecule has 0 saturated carbocycles. The summed E-state index contributed by atoms with van der Waals surface area (Å²) < 4.78 is 15.6. The number of carbonyl (C=O) groups excluding carboxylic acids is 3. The van der Waals surface area contributed by atoms with Crippen LogP contribution in [0, 0.1) is 6.92 Å². The highest BCUT2D eigenvalue weighted by molar-refractivity contribution is 7.18. The van der Waals surface area contributed by atoms with Gasteiger partial charge in [-0.1, -0.05) is 19.1 Å². The zero-order valence-electron chi connectivity index (χ0n) is 18.8. The van der Waals surface area contributed by atoms with E-state index in [9.17, 15) is 14.4 Å². The molecule has 2 heterocycles. The Bertz CT molecular complexity index is 1170. The third-order valence-electron chi connectivity index (χ3n) is 4.66. The number of thiophene rings is 1. The van der Waals surface area contributed by atoms with Gasteiger partial charge in [-0.15, -0.1) is 11.3 Å². The lowest BCUT2D eigenvalue weighted by Gasteiger charge is -2.07. The summed E-state index contributed by atoms with van der Waals surface area (Å²) in [6.45, 7) is 5.60. The molecule has 33 heavy (non-hydrogen) atoms. The number of aromatic amines is 1. The number of anilines is 1. The molecule has 0 bridgehead atoms. The molecule has 0 radical (unpaired) electrons. The second kappa shape index (κ2) is 10.8. The Kier molecular flexibility index (Phi) is 7.83. The molecule has 9 nitrogen and oxygen atoms in total.